The van der Waals surface area contributed by atoms with Gasteiger partial charge < -0.3 is 10.4 Å². The Balaban J connectivity index is 2.53. The van der Waals surface area contributed by atoms with Crippen molar-refractivity contribution >= 4 is 27.5 Å². The number of phenols is 1. The molecule has 0 aliphatic carbocycles. The number of aromatic hydroxyl groups is 1. The van der Waals surface area contributed by atoms with Crippen molar-refractivity contribution in [2.24, 2.45) is 5.14 Å². The highest BCUT2D eigenvalue weighted by molar-refractivity contribution is 7.89. The van der Waals surface area contributed by atoms with Crippen LogP contribution in [0.3, 0.4) is 0 Å². The fraction of sp³-hybridized carbons (Fsp3) is 0.300. The van der Waals surface area contributed by atoms with Gasteiger partial charge in [-0.2, -0.15) is 0 Å². The first-order chi connectivity index (χ1) is 8.29. The number of nitrogens with one attached hydrogen (secondary N) is 1. The Kier molecular flexibility index (Phi) is 4.94. The number of hydrogen-bond acceptors (Lipinski definition) is 4. The summed E-state index contributed by atoms with van der Waals surface area (Å²) in [6.07, 6.45) is 0.200. The zero-order chi connectivity index (χ0) is 13.8. The first-order valence-corrected chi connectivity index (χ1v) is 7.16. The Morgan fingerprint density at radius 1 is 1.44 bits per heavy atom. The molecule has 18 heavy (non-hydrogen) atoms. The minimum absolute atomic E-state index is 0.0399. The van der Waals surface area contributed by atoms with Crippen LogP contribution in [0.4, 0.5) is 0 Å². The summed E-state index contributed by atoms with van der Waals surface area (Å²) >= 11 is 5.70. The molecule has 1 rings (SSSR count). The van der Waals surface area contributed by atoms with Crippen LogP contribution in [0.15, 0.2) is 18.2 Å². The molecule has 0 unspecified atom stereocenters. The van der Waals surface area contributed by atoms with E-state index in [-0.39, 0.29) is 30.0 Å². The molecule has 0 bridgehead atoms. The third kappa shape index (κ3) is 4.91. The number of carbonyl (C=O) groups excluding carboxylic acids is 1. The van der Waals surface area contributed by atoms with E-state index in [0.717, 1.165) is 0 Å². The molecule has 0 aliphatic heterocycles. The normalized spacial score (nSPS) is 11.2. The van der Waals surface area contributed by atoms with Crippen molar-refractivity contribution < 1.29 is 18.3 Å². The lowest BCUT2D eigenvalue weighted by atomic mass is 10.2. The van der Waals surface area contributed by atoms with Gasteiger partial charge in [-0.15, -0.1) is 0 Å². The largest absolute Gasteiger partial charge is 0.507 e. The summed E-state index contributed by atoms with van der Waals surface area (Å²) in [4.78, 5) is 11.6. The second kappa shape index (κ2) is 6.03. The molecule has 0 aliphatic rings. The van der Waals surface area contributed by atoms with E-state index in [9.17, 15) is 18.3 Å². The Labute approximate surface area is 110 Å². The van der Waals surface area contributed by atoms with Gasteiger partial charge in [-0.05, 0) is 24.6 Å². The van der Waals surface area contributed by atoms with Gasteiger partial charge in [0.1, 0.15) is 5.75 Å². The summed E-state index contributed by atoms with van der Waals surface area (Å²) in [5.41, 5.74) is 0.0399. The van der Waals surface area contributed by atoms with Crippen LogP contribution in [-0.2, 0) is 10.0 Å². The summed E-state index contributed by atoms with van der Waals surface area (Å²) < 4.78 is 21.3. The van der Waals surface area contributed by atoms with Crippen LogP contribution in [0, 0.1) is 0 Å². The Morgan fingerprint density at radius 3 is 2.72 bits per heavy atom. The molecule has 4 N–H and O–H groups in total. The minimum Gasteiger partial charge on any atom is -0.507 e. The number of sulfonamides is 1. The number of carbonyl (C=O) groups is 1. The first-order valence-electron chi connectivity index (χ1n) is 5.07. The van der Waals surface area contributed by atoms with E-state index in [2.05, 4.69) is 5.32 Å². The molecule has 1 amide bonds. The van der Waals surface area contributed by atoms with E-state index >= 15 is 0 Å². The molecule has 0 radical (unpaired) electrons. The van der Waals surface area contributed by atoms with Crippen molar-refractivity contribution in [1.29, 1.82) is 0 Å². The zero-order valence-corrected chi connectivity index (χ0v) is 11.0. The van der Waals surface area contributed by atoms with Crippen LogP contribution in [0.2, 0.25) is 5.02 Å². The maximum atomic E-state index is 11.6. The Morgan fingerprint density at radius 2 is 2.11 bits per heavy atom. The molecule has 8 heteroatoms. The second-order valence-corrected chi connectivity index (χ2v) is 5.81. The topological polar surface area (TPSA) is 109 Å². The van der Waals surface area contributed by atoms with E-state index in [0.29, 0.717) is 5.02 Å². The summed E-state index contributed by atoms with van der Waals surface area (Å²) in [6.45, 7) is 0.140. The maximum Gasteiger partial charge on any atom is 0.255 e. The van der Waals surface area contributed by atoms with Gasteiger partial charge in [0.05, 0.1) is 11.3 Å². The van der Waals surface area contributed by atoms with Crippen molar-refractivity contribution in [2.75, 3.05) is 12.3 Å². The molecule has 6 nitrogen and oxygen atoms in total. The number of benzene rings is 1. The van der Waals surface area contributed by atoms with Crippen LogP contribution < -0.4 is 10.5 Å². The molecule has 1 aromatic rings. The quantitative estimate of drug-likeness (QED) is 0.685. The molecule has 0 saturated heterocycles. The molecule has 100 valence electrons. The van der Waals surface area contributed by atoms with Crippen molar-refractivity contribution in [3.05, 3.63) is 28.8 Å². The summed E-state index contributed by atoms with van der Waals surface area (Å²) in [5, 5.41) is 17.0. The van der Waals surface area contributed by atoms with Crippen molar-refractivity contribution in [2.45, 2.75) is 6.42 Å². The average Bonchev–Trinajstić information content (AvgIpc) is 2.26. The highest BCUT2D eigenvalue weighted by Crippen LogP contribution is 2.21. The molecule has 0 fully saturated rings. The predicted molar refractivity (Wildman–Crippen MR) is 68.0 cm³/mol. The van der Waals surface area contributed by atoms with Gasteiger partial charge in [0.25, 0.3) is 5.91 Å². The van der Waals surface area contributed by atoms with Crippen molar-refractivity contribution in [3.63, 3.8) is 0 Å². The van der Waals surface area contributed by atoms with E-state index in [4.69, 9.17) is 16.7 Å². The Bertz CT molecular complexity index is 545. The third-order valence-corrected chi connectivity index (χ3v) is 3.19. The second-order valence-electron chi connectivity index (χ2n) is 3.64. The first kappa shape index (κ1) is 14.7. The van der Waals surface area contributed by atoms with Crippen LogP contribution in [0.5, 0.6) is 5.75 Å². The SMILES string of the molecule is NS(=O)(=O)CCCNC(=O)c1cc(Cl)ccc1O. The van der Waals surface area contributed by atoms with E-state index in [1.54, 1.807) is 0 Å². The van der Waals surface area contributed by atoms with Crippen LogP contribution in [-0.4, -0.2) is 31.7 Å². The fourth-order valence-electron chi connectivity index (χ4n) is 1.26. The molecule has 0 saturated carbocycles. The molecular formula is C10H13ClN2O4S. The third-order valence-electron chi connectivity index (χ3n) is 2.09. The molecule has 0 heterocycles. The van der Waals surface area contributed by atoms with Gasteiger partial charge >= 0.3 is 0 Å². The molecule has 0 atom stereocenters. The summed E-state index contributed by atoms with van der Waals surface area (Å²) in [5.74, 6) is -0.929. The lowest BCUT2D eigenvalue weighted by molar-refractivity contribution is 0.0951. The number of rotatable bonds is 5. The van der Waals surface area contributed by atoms with E-state index in [1.807, 2.05) is 0 Å². The number of halogens is 1. The maximum absolute atomic E-state index is 11.6. The number of amides is 1. The van der Waals surface area contributed by atoms with Crippen LogP contribution in [0.25, 0.3) is 0 Å². The fourth-order valence-corrected chi connectivity index (χ4v) is 1.98. The monoisotopic (exact) mass is 292 g/mol. The average molecular weight is 293 g/mol. The van der Waals surface area contributed by atoms with Crippen molar-refractivity contribution in [1.82, 2.24) is 5.32 Å². The number of phenolic OH excluding ortho intramolecular Hbond substituents is 1. The summed E-state index contributed by atoms with van der Waals surface area (Å²) in [7, 11) is -3.52. The van der Waals surface area contributed by atoms with Gasteiger partial charge in [-0.3, -0.25) is 4.79 Å². The highest BCUT2D eigenvalue weighted by atomic mass is 35.5. The molecule has 0 spiro atoms. The van der Waals surface area contributed by atoms with E-state index in [1.165, 1.54) is 18.2 Å². The van der Waals surface area contributed by atoms with Gasteiger partial charge in [0, 0.05) is 11.6 Å². The lowest BCUT2D eigenvalue weighted by Gasteiger charge is -2.06. The zero-order valence-electron chi connectivity index (χ0n) is 9.39. The van der Waals surface area contributed by atoms with Gasteiger partial charge in [-0.25, -0.2) is 13.6 Å². The molecule has 1 aromatic carbocycles. The molecule has 0 aromatic heterocycles. The number of nitrogens with two attached hydrogens (primary N) is 1. The van der Waals surface area contributed by atoms with Crippen LogP contribution >= 0.6 is 11.6 Å². The standard InChI is InChI=1S/C10H13ClN2O4S/c11-7-2-3-9(14)8(6-7)10(15)13-4-1-5-18(12,16)17/h2-3,6,14H,1,4-5H2,(H,13,15)(H2,12,16,17). The van der Waals surface area contributed by atoms with Gasteiger partial charge in [0.2, 0.25) is 10.0 Å². The molecular weight excluding hydrogens is 280 g/mol. The van der Waals surface area contributed by atoms with Gasteiger partial charge in [-0.1, -0.05) is 11.6 Å². The van der Waals surface area contributed by atoms with Crippen LogP contribution in [0.1, 0.15) is 16.8 Å². The van der Waals surface area contributed by atoms with Gasteiger partial charge in [0.15, 0.2) is 0 Å². The van der Waals surface area contributed by atoms with E-state index < -0.39 is 15.9 Å². The minimum atomic E-state index is -3.52. The smallest absolute Gasteiger partial charge is 0.255 e. The highest BCUT2D eigenvalue weighted by Gasteiger charge is 2.11. The van der Waals surface area contributed by atoms with Crippen molar-refractivity contribution in [3.8, 4) is 5.75 Å². The number of hydrogen-bond donors (Lipinski definition) is 3. The number of primary sulfonamides is 1. The predicted octanol–water partition coefficient (Wildman–Crippen LogP) is 0.454. The summed E-state index contributed by atoms with van der Waals surface area (Å²) in [6, 6.07) is 4.09. The lowest BCUT2D eigenvalue weighted by Crippen LogP contribution is -2.27. The Hall–Kier alpha value is -1.31.